The molecule has 0 atom stereocenters. The third-order valence-electron chi connectivity index (χ3n) is 1.53. The Labute approximate surface area is 105 Å². The molecule has 0 amide bonds. The summed E-state index contributed by atoms with van der Waals surface area (Å²) in [6.07, 6.45) is -1.03. The van der Waals surface area contributed by atoms with Crippen LogP contribution in [0.25, 0.3) is 0 Å². The summed E-state index contributed by atoms with van der Waals surface area (Å²) in [7, 11) is -10.1. The molecule has 0 unspecified atom stereocenters. The van der Waals surface area contributed by atoms with Gasteiger partial charge in [-0.15, -0.1) is 0 Å². The average molecular weight is 316 g/mol. The van der Waals surface area contributed by atoms with Gasteiger partial charge in [-0.3, -0.25) is 4.79 Å². The first-order valence-electron chi connectivity index (χ1n) is 4.48. The lowest BCUT2D eigenvalue weighted by molar-refractivity contribution is -0.0126. The van der Waals surface area contributed by atoms with Gasteiger partial charge in [0.1, 0.15) is 0 Å². The molecule has 0 aromatic carbocycles. The Kier molecular flexibility index (Phi) is 5.02. The number of aromatic nitrogens is 1. The van der Waals surface area contributed by atoms with Crippen molar-refractivity contribution in [3.8, 4) is 0 Å². The highest BCUT2D eigenvalue weighted by atomic mass is 31.2. The smallest absolute Gasteiger partial charge is 0.335 e. The van der Waals surface area contributed by atoms with E-state index >= 15 is 0 Å². The van der Waals surface area contributed by atoms with Crippen LogP contribution in [0.2, 0.25) is 0 Å². The Balaban J connectivity index is 2.84. The zero-order chi connectivity index (χ0) is 14.7. The van der Waals surface area contributed by atoms with Crippen molar-refractivity contribution in [1.29, 1.82) is 0 Å². The minimum absolute atomic E-state index is 0.0477. The number of aromatic amines is 1. The largest absolute Gasteiger partial charge is 0.473 e. The lowest BCUT2D eigenvalue weighted by Crippen LogP contribution is -2.25. The Hall–Kier alpha value is -1.03. The molecular formula is C6H10N2O9P2. The number of rotatable bonds is 6. The van der Waals surface area contributed by atoms with Crippen LogP contribution in [0, 0.1) is 0 Å². The van der Waals surface area contributed by atoms with Crippen molar-refractivity contribution < 1.29 is 37.8 Å². The average Bonchev–Trinajstić information content (AvgIpc) is 2.16. The quantitative estimate of drug-likeness (QED) is 0.290. The van der Waals surface area contributed by atoms with Crippen LogP contribution >= 0.6 is 15.6 Å². The third kappa shape index (κ3) is 7.21. The number of anilines is 1. The summed E-state index contributed by atoms with van der Waals surface area (Å²) in [4.78, 5) is 47.2. The second-order valence-corrected chi connectivity index (χ2v) is 5.49. The van der Waals surface area contributed by atoms with Crippen molar-refractivity contribution in [2.75, 3.05) is 5.32 Å². The Morgan fingerprint density at radius 3 is 2.00 bits per heavy atom. The number of nitrogens with one attached hydrogen (secondary N) is 2. The highest BCUT2D eigenvalue weighted by Crippen LogP contribution is 2.44. The summed E-state index contributed by atoms with van der Waals surface area (Å²) in [6, 6.07) is 2.24. The summed E-state index contributed by atoms with van der Waals surface area (Å²) >= 11 is 0. The molecule has 0 bridgehead atoms. The molecule has 0 aliphatic rings. The molecule has 0 aliphatic carbocycles. The molecule has 1 heterocycles. The summed E-state index contributed by atoms with van der Waals surface area (Å²) in [6.45, 7) is 0. The van der Waals surface area contributed by atoms with Gasteiger partial charge in [-0.05, 0) is 6.07 Å². The van der Waals surface area contributed by atoms with Crippen molar-refractivity contribution in [2.45, 2.75) is 6.41 Å². The van der Waals surface area contributed by atoms with E-state index in [4.69, 9.17) is 19.6 Å². The van der Waals surface area contributed by atoms with Crippen molar-refractivity contribution >= 4 is 21.3 Å². The van der Waals surface area contributed by atoms with Crippen LogP contribution in [0.4, 0.5) is 5.69 Å². The number of H-pyrrole nitrogens is 1. The highest BCUT2D eigenvalue weighted by molar-refractivity contribution is 7.47. The van der Waals surface area contributed by atoms with Crippen LogP contribution in [0.15, 0.2) is 23.1 Å². The fourth-order valence-corrected chi connectivity index (χ4v) is 1.72. The fraction of sp³-hybridized carbons (Fsp3) is 0.167. The number of phosphoric ester groups is 2. The third-order valence-corrected chi connectivity index (χ3v) is 2.47. The molecule has 0 saturated carbocycles. The Morgan fingerprint density at radius 1 is 1.11 bits per heavy atom. The second-order valence-electron chi connectivity index (χ2n) is 3.11. The Bertz CT molecular complexity index is 530. The molecule has 0 fully saturated rings. The molecule has 13 heteroatoms. The molecule has 0 saturated heterocycles. The molecule has 11 nitrogen and oxygen atoms in total. The number of hydrogen-bond acceptors (Lipinski definition) is 6. The second kappa shape index (κ2) is 5.95. The zero-order valence-electron chi connectivity index (χ0n) is 9.03. The van der Waals surface area contributed by atoms with Gasteiger partial charge in [0.05, 0.1) is 5.69 Å². The predicted octanol–water partition coefficient (Wildman–Crippen LogP) is -0.711. The van der Waals surface area contributed by atoms with E-state index in [1.807, 2.05) is 0 Å². The molecule has 0 radical (unpaired) electrons. The minimum Gasteiger partial charge on any atom is -0.335 e. The molecular weight excluding hydrogens is 306 g/mol. The topological polar surface area (TPSA) is 178 Å². The van der Waals surface area contributed by atoms with Crippen molar-refractivity contribution in [3.63, 3.8) is 0 Å². The number of phosphoric acid groups is 2. The van der Waals surface area contributed by atoms with Gasteiger partial charge in [0, 0.05) is 12.3 Å². The van der Waals surface area contributed by atoms with Gasteiger partial charge in [0.2, 0.25) is 5.56 Å². The van der Waals surface area contributed by atoms with E-state index in [9.17, 15) is 13.9 Å². The van der Waals surface area contributed by atoms with Gasteiger partial charge in [-0.25, -0.2) is 18.2 Å². The molecule has 0 spiro atoms. The van der Waals surface area contributed by atoms with Gasteiger partial charge in [0.15, 0.2) is 0 Å². The van der Waals surface area contributed by atoms with Crippen LogP contribution in [-0.2, 0) is 18.2 Å². The van der Waals surface area contributed by atoms with Crippen LogP contribution in [0.5, 0.6) is 0 Å². The van der Waals surface area contributed by atoms with Crippen LogP contribution in [0.1, 0.15) is 0 Å². The zero-order valence-corrected chi connectivity index (χ0v) is 10.8. The lowest BCUT2D eigenvalue weighted by atomic mass is 10.4. The SMILES string of the molecule is O=c1ccc(NC(OP(=O)(O)O)OP(=O)(O)O)c[nH]1. The lowest BCUT2D eigenvalue weighted by Gasteiger charge is -2.20. The normalized spacial score (nSPS) is 12.7. The van der Waals surface area contributed by atoms with E-state index in [1.54, 1.807) is 0 Å². The van der Waals surface area contributed by atoms with E-state index in [0.29, 0.717) is 0 Å². The van der Waals surface area contributed by atoms with Gasteiger partial charge in [-0.2, -0.15) is 0 Å². The molecule has 1 aromatic heterocycles. The minimum atomic E-state index is -5.06. The summed E-state index contributed by atoms with van der Waals surface area (Å²) in [5.41, 5.74) is -0.402. The van der Waals surface area contributed by atoms with Crippen LogP contribution in [0.3, 0.4) is 0 Å². The molecule has 0 aliphatic heterocycles. The standard InChI is InChI=1S/C6H10N2O9P2/c9-5-2-1-4(3-7-5)8-6(16-18(10,11)12)17-19(13,14)15/h1-3,6,8H,(H,7,9)(H2,10,11,12)(H2,13,14,15). The fourth-order valence-electron chi connectivity index (χ4n) is 0.958. The van der Waals surface area contributed by atoms with E-state index in [-0.39, 0.29) is 5.69 Å². The first-order chi connectivity index (χ1) is 8.55. The number of hydrogen-bond donors (Lipinski definition) is 6. The monoisotopic (exact) mass is 316 g/mol. The maximum atomic E-state index is 10.8. The maximum Gasteiger partial charge on any atom is 0.473 e. The first-order valence-corrected chi connectivity index (χ1v) is 7.54. The molecule has 6 N–H and O–H groups in total. The van der Waals surface area contributed by atoms with Gasteiger partial charge < -0.3 is 29.9 Å². The van der Waals surface area contributed by atoms with E-state index in [2.05, 4.69) is 19.3 Å². The summed E-state index contributed by atoms with van der Waals surface area (Å²) in [5, 5.41) is 2.12. The van der Waals surface area contributed by atoms with Gasteiger partial charge in [-0.1, -0.05) is 0 Å². The Morgan fingerprint density at radius 2 is 1.63 bits per heavy atom. The highest BCUT2D eigenvalue weighted by Gasteiger charge is 2.29. The van der Waals surface area contributed by atoms with E-state index < -0.39 is 27.6 Å². The molecule has 1 rings (SSSR count). The number of pyridine rings is 1. The van der Waals surface area contributed by atoms with E-state index in [1.165, 1.54) is 6.07 Å². The van der Waals surface area contributed by atoms with E-state index in [0.717, 1.165) is 12.3 Å². The van der Waals surface area contributed by atoms with Crippen molar-refractivity contribution in [1.82, 2.24) is 4.98 Å². The summed E-state index contributed by atoms with van der Waals surface area (Å²) in [5.74, 6) is 0. The molecule has 108 valence electrons. The van der Waals surface area contributed by atoms with Crippen molar-refractivity contribution in [3.05, 3.63) is 28.7 Å². The van der Waals surface area contributed by atoms with Gasteiger partial charge >= 0.3 is 15.6 Å². The van der Waals surface area contributed by atoms with Gasteiger partial charge in [0.25, 0.3) is 6.41 Å². The van der Waals surface area contributed by atoms with Crippen LogP contribution < -0.4 is 10.9 Å². The molecule has 1 aromatic rings. The summed E-state index contributed by atoms with van der Waals surface area (Å²) < 4.78 is 29.2. The molecule has 19 heavy (non-hydrogen) atoms. The van der Waals surface area contributed by atoms with Crippen LogP contribution in [-0.4, -0.2) is 31.0 Å². The first kappa shape index (κ1) is 16.0. The maximum absolute atomic E-state index is 10.8. The van der Waals surface area contributed by atoms with Crippen molar-refractivity contribution in [2.24, 2.45) is 0 Å². The predicted molar refractivity (Wildman–Crippen MR) is 60.7 cm³/mol.